The van der Waals surface area contributed by atoms with E-state index in [1.165, 1.54) is 6.21 Å². The monoisotopic (exact) mass is 449 g/mol. The van der Waals surface area contributed by atoms with Gasteiger partial charge in [0, 0.05) is 29.1 Å². The molecule has 0 spiro atoms. The molecule has 32 heavy (non-hydrogen) atoms. The summed E-state index contributed by atoms with van der Waals surface area (Å²) in [5.74, 6) is 0.0293. The highest BCUT2D eigenvalue weighted by molar-refractivity contribution is 6.31. The van der Waals surface area contributed by atoms with Crippen molar-refractivity contribution in [3.05, 3.63) is 94.5 Å². The molecule has 0 fully saturated rings. The van der Waals surface area contributed by atoms with Gasteiger partial charge in [-0.2, -0.15) is 5.10 Å². The van der Waals surface area contributed by atoms with Crippen LogP contribution in [-0.2, 0) is 16.2 Å². The smallest absolute Gasteiger partial charge is 0.240 e. The predicted molar refractivity (Wildman–Crippen MR) is 127 cm³/mol. The molecular formula is C25H24ClN3O3. The number of nitrogens with zero attached hydrogens (tertiary/aromatic N) is 1. The molecule has 0 aromatic heterocycles. The Hall–Kier alpha value is -3.64. The van der Waals surface area contributed by atoms with Crippen molar-refractivity contribution in [2.24, 2.45) is 5.10 Å². The lowest BCUT2D eigenvalue weighted by Gasteiger charge is -2.09. The van der Waals surface area contributed by atoms with Crippen molar-refractivity contribution in [3.8, 4) is 5.75 Å². The highest BCUT2D eigenvalue weighted by atomic mass is 35.5. The van der Waals surface area contributed by atoms with Crippen LogP contribution >= 0.6 is 11.6 Å². The van der Waals surface area contributed by atoms with Gasteiger partial charge in [-0.05, 0) is 42.3 Å². The number of hydrogen-bond donors (Lipinski definition) is 2. The normalized spacial score (nSPS) is 10.7. The second-order valence-corrected chi connectivity index (χ2v) is 7.47. The number of benzene rings is 3. The van der Waals surface area contributed by atoms with E-state index in [4.69, 9.17) is 16.3 Å². The molecule has 0 aliphatic carbocycles. The Morgan fingerprint density at radius 1 is 0.938 bits per heavy atom. The van der Waals surface area contributed by atoms with Gasteiger partial charge in [0.05, 0.1) is 6.21 Å². The lowest BCUT2D eigenvalue weighted by atomic mass is 10.2. The van der Waals surface area contributed by atoms with Crippen molar-refractivity contribution >= 4 is 35.3 Å². The molecule has 0 aliphatic heterocycles. The molecule has 0 aliphatic rings. The first kappa shape index (κ1) is 23.0. The van der Waals surface area contributed by atoms with Gasteiger partial charge in [0.2, 0.25) is 11.8 Å². The van der Waals surface area contributed by atoms with Crippen molar-refractivity contribution in [1.82, 2.24) is 5.43 Å². The maximum atomic E-state index is 12.1. The van der Waals surface area contributed by atoms with E-state index in [1.54, 1.807) is 18.2 Å². The number of para-hydroxylation sites is 1. The number of anilines is 1. The summed E-state index contributed by atoms with van der Waals surface area (Å²) in [4.78, 5) is 24.2. The van der Waals surface area contributed by atoms with Gasteiger partial charge in [0.15, 0.2) is 0 Å². The number of halogens is 1. The van der Waals surface area contributed by atoms with Gasteiger partial charge in [0.1, 0.15) is 12.4 Å². The molecule has 2 amide bonds. The number of hydrazone groups is 1. The lowest BCUT2D eigenvalue weighted by Crippen LogP contribution is -2.21. The molecule has 0 saturated heterocycles. The first-order chi connectivity index (χ1) is 15.5. The van der Waals surface area contributed by atoms with E-state index in [0.717, 1.165) is 16.7 Å². The minimum atomic E-state index is -0.359. The zero-order chi connectivity index (χ0) is 22.8. The number of ether oxygens (including phenoxy) is 1. The average Bonchev–Trinajstić information content (AvgIpc) is 2.81. The van der Waals surface area contributed by atoms with E-state index in [2.05, 4.69) is 15.8 Å². The maximum absolute atomic E-state index is 12.1. The average molecular weight is 450 g/mol. The summed E-state index contributed by atoms with van der Waals surface area (Å²) in [6.45, 7) is 2.25. The van der Waals surface area contributed by atoms with Crippen LogP contribution < -0.4 is 15.5 Å². The quantitative estimate of drug-likeness (QED) is 0.352. The highest BCUT2D eigenvalue weighted by Gasteiger charge is 2.09. The third-order valence-electron chi connectivity index (χ3n) is 4.67. The van der Waals surface area contributed by atoms with Crippen molar-refractivity contribution in [3.63, 3.8) is 0 Å². The van der Waals surface area contributed by atoms with Crippen molar-refractivity contribution in [2.75, 3.05) is 5.32 Å². The molecule has 0 radical (unpaired) electrons. The summed E-state index contributed by atoms with van der Waals surface area (Å²) in [5, 5.41) is 7.33. The predicted octanol–water partition coefficient (Wildman–Crippen LogP) is 5.10. The van der Waals surface area contributed by atoms with Crippen LogP contribution in [0.3, 0.4) is 0 Å². The van der Waals surface area contributed by atoms with Crippen LogP contribution in [0.1, 0.15) is 29.5 Å². The molecule has 3 aromatic rings. The summed E-state index contributed by atoms with van der Waals surface area (Å²) in [6.07, 6.45) is 1.56. The third-order valence-corrected chi connectivity index (χ3v) is 5.08. The van der Waals surface area contributed by atoms with Crippen LogP contribution in [0.2, 0.25) is 5.02 Å². The third kappa shape index (κ3) is 6.96. The summed E-state index contributed by atoms with van der Waals surface area (Å²) in [5.41, 5.74) is 5.65. The van der Waals surface area contributed by atoms with Crippen LogP contribution in [0, 0.1) is 6.92 Å². The number of hydrogen-bond acceptors (Lipinski definition) is 4. The lowest BCUT2D eigenvalue weighted by molar-refractivity contribution is -0.124. The fraction of sp³-hybridized carbons (Fsp3) is 0.160. The van der Waals surface area contributed by atoms with Gasteiger partial charge in [-0.25, -0.2) is 5.43 Å². The molecular weight excluding hydrogens is 426 g/mol. The Labute approximate surface area is 192 Å². The van der Waals surface area contributed by atoms with Crippen LogP contribution in [0.25, 0.3) is 0 Å². The first-order valence-corrected chi connectivity index (χ1v) is 10.5. The van der Waals surface area contributed by atoms with E-state index in [0.29, 0.717) is 23.1 Å². The van der Waals surface area contributed by atoms with E-state index in [9.17, 15) is 9.59 Å². The summed E-state index contributed by atoms with van der Waals surface area (Å²) in [7, 11) is 0. The van der Waals surface area contributed by atoms with Gasteiger partial charge < -0.3 is 10.1 Å². The summed E-state index contributed by atoms with van der Waals surface area (Å²) >= 11 is 6.05. The topological polar surface area (TPSA) is 79.8 Å². The van der Waals surface area contributed by atoms with Crippen LogP contribution in [-0.4, -0.2) is 18.0 Å². The molecule has 3 aromatic carbocycles. The van der Waals surface area contributed by atoms with E-state index in [-0.39, 0.29) is 24.7 Å². The zero-order valence-corrected chi connectivity index (χ0v) is 18.4. The van der Waals surface area contributed by atoms with Crippen LogP contribution in [0.4, 0.5) is 5.69 Å². The first-order valence-electron chi connectivity index (χ1n) is 10.2. The molecule has 2 N–H and O–H groups in total. The Morgan fingerprint density at radius 2 is 1.66 bits per heavy atom. The van der Waals surface area contributed by atoms with E-state index < -0.39 is 0 Å². The second kappa shape index (κ2) is 11.7. The molecule has 0 atom stereocenters. The number of amides is 2. The zero-order valence-electron chi connectivity index (χ0n) is 17.7. The maximum Gasteiger partial charge on any atom is 0.240 e. The van der Waals surface area contributed by atoms with Gasteiger partial charge in [-0.15, -0.1) is 0 Å². The minimum absolute atomic E-state index is 0.00887. The van der Waals surface area contributed by atoms with Gasteiger partial charge in [-0.1, -0.05) is 60.1 Å². The van der Waals surface area contributed by atoms with Crippen molar-refractivity contribution in [1.29, 1.82) is 0 Å². The molecule has 3 rings (SSSR count). The Kier molecular flexibility index (Phi) is 8.40. The van der Waals surface area contributed by atoms with Crippen LogP contribution in [0.15, 0.2) is 77.9 Å². The molecule has 0 heterocycles. The Balaban J connectivity index is 1.47. The van der Waals surface area contributed by atoms with Gasteiger partial charge in [-0.3, -0.25) is 9.59 Å². The van der Waals surface area contributed by atoms with E-state index in [1.807, 2.05) is 61.5 Å². The molecule has 6 nitrogen and oxygen atoms in total. The number of carbonyl (C=O) groups is 2. The van der Waals surface area contributed by atoms with E-state index >= 15 is 0 Å². The van der Waals surface area contributed by atoms with Gasteiger partial charge >= 0.3 is 0 Å². The SMILES string of the molecule is Cc1c(Cl)cccc1NC(=O)CCC(=O)N/N=C\c1ccccc1OCc1ccccc1. The molecule has 0 unspecified atom stereocenters. The fourth-order valence-electron chi connectivity index (χ4n) is 2.87. The molecule has 7 heteroatoms. The standard InChI is InChI=1S/C25H24ClN3O3/c1-18-21(26)11-7-12-22(18)28-24(30)14-15-25(31)29-27-16-20-10-5-6-13-23(20)32-17-19-8-3-2-4-9-19/h2-13,16H,14-15,17H2,1H3,(H,28,30)(H,29,31)/b27-16-. The van der Waals surface area contributed by atoms with Crippen molar-refractivity contribution < 1.29 is 14.3 Å². The van der Waals surface area contributed by atoms with Gasteiger partial charge in [0.25, 0.3) is 0 Å². The second-order valence-electron chi connectivity index (χ2n) is 7.07. The molecule has 0 saturated carbocycles. The molecule has 164 valence electrons. The summed E-state index contributed by atoms with van der Waals surface area (Å²) < 4.78 is 5.87. The van der Waals surface area contributed by atoms with Crippen molar-refractivity contribution in [2.45, 2.75) is 26.4 Å². The number of carbonyl (C=O) groups excluding carboxylic acids is 2. The highest BCUT2D eigenvalue weighted by Crippen LogP contribution is 2.23. The molecule has 0 bridgehead atoms. The summed E-state index contributed by atoms with van der Waals surface area (Å²) in [6, 6.07) is 22.5. The number of rotatable bonds is 9. The largest absolute Gasteiger partial charge is 0.488 e. The Bertz CT molecular complexity index is 1100. The van der Waals surface area contributed by atoms with Crippen LogP contribution in [0.5, 0.6) is 5.75 Å². The Morgan fingerprint density at radius 3 is 2.47 bits per heavy atom. The number of nitrogens with one attached hydrogen (secondary N) is 2. The minimum Gasteiger partial charge on any atom is -0.488 e. The fourth-order valence-corrected chi connectivity index (χ4v) is 3.04.